The van der Waals surface area contributed by atoms with Gasteiger partial charge in [0.2, 0.25) is 0 Å². The van der Waals surface area contributed by atoms with Crippen LogP contribution in [0.25, 0.3) is 0 Å². The van der Waals surface area contributed by atoms with E-state index in [0.717, 1.165) is 9.73 Å². The molecule has 1 aromatic heterocycles. The molecule has 0 bridgehead atoms. The molecule has 0 spiro atoms. The predicted molar refractivity (Wildman–Crippen MR) is 51.3 cm³/mol. The molecule has 0 saturated carbocycles. The van der Waals surface area contributed by atoms with Gasteiger partial charge >= 0.3 is 0 Å². The molecule has 0 atom stereocenters. The quantitative estimate of drug-likeness (QED) is 0.740. The Kier molecular flexibility index (Phi) is 2.13. The molecular weight excluding hydrogens is 224 g/mol. The van der Waals surface area contributed by atoms with Crippen molar-refractivity contribution in [3.8, 4) is 0 Å². The van der Waals surface area contributed by atoms with E-state index in [1.54, 1.807) is 11.3 Å². The smallest absolute Gasteiger partial charge is 0.186 e. The fraction of sp³-hybridized carbons (Fsp3) is 0.571. The van der Waals surface area contributed by atoms with Crippen molar-refractivity contribution in [3.63, 3.8) is 0 Å². The lowest BCUT2D eigenvalue weighted by Crippen LogP contribution is -2.16. The summed E-state index contributed by atoms with van der Waals surface area (Å²) in [5, 5.41) is 3.20. The maximum absolute atomic E-state index is 4.35. The van der Waals surface area contributed by atoms with Gasteiger partial charge in [-0.15, -0.1) is 11.3 Å². The van der Waals surface area contributed by atoms with Crippen LogP contribution in [-0.2, 0) is 0 Å². The van der Waals surface area contributed by atoms with Gasteiger partial charge in [0.05, 0.1) is 0 Å². The molecule has 60 valence electrons. The molecule has 2 heterocycles. The summed E-state index contributed by atoms with van der Waals surface area (Å²) in [5.41, 5.74) is 0. The van der Waals surface area contributed by atoms with Crippen molar-refractivity contribution in [2.24, 2.45) is 0 Å². The lowest BCUT2D eigenvalue weighted by molar-refractivity contribution is 0.949. The SMILES string of the molecule is Brc1csc(N2CCCC2)n1. The molecule has 0 aromatic carbocycles. The van der Waals surface area contributed by atoms with Gasteiger partial charge in [-0.05, 0) is 28.8 Å². The molecule has 2 nitrogen and oxygen atoms in total. The third-order valence-corrected chi connectivity index (χ3v) is 3.45. The van der Waals surface area contributed by atoms with E-state index in [2.05, 4.69) is 25.8 Å². The Bertz CT molecular complexity index is 242. The normalized spacial score (nSPS) is 17.7. The van der Waals surface area contributed by atoms with Gasteiger partial charge in [0.1, 0.15) is 4.60 Å². The van der Waals surface area contributed by atoms with Gasteiger partial charge in [0.15, 0.2) is 5.13 Å². The number of thiazole rings is 1. The second-order valence-electron chi connectivity index (χ2n) is 2.65. The van der Waals surface area contributed by atoms with Crippen molar-refractivity contribution in [2.45, 2.75) is 12.8 Å². The summed E-state index contributed by atoms with van der Waals surface area (Å²) in [4.78, 5) is 6.70. The first-order valence-corrected chi connectivity index (χ1v) is 5.39. The van der Waals surface area contributed by atoms with E-state index in [-0.39, 0.29) is 0 Å². The van der Waals surface area contributed by atoms with Crippen LogP contribution in [-0.4, -0.2) is 18.1 Å². The van der Waals surface area contributed by atoms with Gasteiger partial charge < -0.3 is 4.90 Å². The van der Waals surface area contributed by atoms with Crippen LogP contribution in [0.2, 0.25) is 0 Å². The minimum atomic E-state index is 0.962. The Labute approximate surface area is 78.4 Å². The third-order valence-electron chi connectivity index (χ3n) is 1.84. The molecule has 4 heteroatoms. The second-order valence-corrected chi connectivity index (χ2v) is 4.30. The van der Waals surface area contributed by atoms with E-state index in [1.807, 2.05) is 5.38 Å². The molecule has 1 aromatic rings. The second kappa shape index (κ2) is 3.11. The Morgan fingerprint density at radius 1 is 1.45 bits per heavy atom. The Morgan fingerprint density at radius 2 is 2.18 bits per heavy atom. The van der Waals surface area contributed by atoms with Crippen LogP contribution in [0, 0.1) is 0 Å². The van der Waals surface area contributed by atoms with E-state index in [9.17, 15) is 0 Å². The van der Waals surface area contributed by atoms with Crippen molar-refractivity contribution in [1.82, 2.24) is 4.98 Å². The van der Waals surface area contributed by atoms with Gasteiger partial charge in [0, 0.05) is 18.5 Å². The number of anilines is 1. The first kappa shape index (κ1) is 7.55. The molecular formula is C7H9BrN2S. The average molecular weight is 233 g/mol. The molecule has 1 aliphatic rings. The van der Waals surface area contributed by atoms with Crippen molar-refractivity contribution in [1.29, 1.82) is 0 Å². The fourth-order valence-electron chi connectivity index (χ4n) is 1.30. The Hall–Kier alpha value is -0.0900. The largest absolute Gasteiger partial charge is 0.348 e. The number of rotatable bonds is 1. The summed E-state index contributed by atoms with van der Waals surface area (Å²) in [7, 11) is 0. The van der Waals surface area contributed by atoms with Crippen LogP contribution in [0.1, 0.15) is 12.8 Å². The fourth-order valence-corrected chi connectivity index (χ4v) is 2.60. The number of hydrogen-bond acceptors (Lipinski definition) is 3. The molecule has 2 rings (SSSR count). The first-order chi connectivity index (χ1) is 5.36. The van der Waals surface area contributed by atoms with E-state index < -0.39 is 0 Å². The molecule has 0 N–H and O–H groups in total. The lowest BCUT2D eigenvalue weighted by atomic mass is 10.4. The van der Waals surface area contributed by atoms with Crippen molar-refractivity contribution in [2.75, 3.05) is 18.0 Å². The van der Waals surface area contributed by atoms with E-state index in [0.29, 0.717) is 0 Å². The summed E-state index contributed by atoms with van der Waals surface area (Å²) < 4.78 is 0.962. The van der Waals surface area contributed by atoms with Crippen LogP contribution in [0.15, 0.2) is 9.98 Å². The number of hydrogen-bond donors (Lipinski definition) is 0. The van der Waals surface area contributed by atoms with Gasteiger partial charge in [-0.1, -0.05) is 0 Å². The Balaban J connectivity index is 2.15. The van der Waals surface area contributed by atoms with E-state index in [4.69, 9.17) is 0 Å². The number of halogens is 1. The van der Waals surface area contributed by atoms with Gasteiger partial charge in [-0.2, -0.15) is 0 Å². The first-order valence-electron chi connectivity index (χ1n) is 3.72. The van der Waals surface area contributed by atoms with Crippen LogP contribution < -0.4 is 4.90 Å². The minimum Gasteiger partial charge on any atom is -0.348 e. The summed E-state index contributed by atoms with van der Waals surface area (Å²) >= 11 is 5.07. The van der Waals surface area contributed by atoms with E-state index >= 15 is 0 Å². The van der Waals surface area contributed by atoms with E-state index in [1.165, 1.54) is 25.9 Å². The summed E-state index contributed by atoms with van der Waals surface area (Å²) in [5.74, 6) is 0. The number of nitrogens with zero attached hydrogens (tertiary/aromatic N) is 2. The molecule has 0 radical (unpaired) electrons. The van der Waals surface area contributed by atoms with Crippen LogP contribution in [0.4, 0.5) is 5.13 Å². The zero-order valence-corrected chi connectivity index (χ0v) is 8.49. The highest BCUT2D eigenvalue weighted by atomic mass is 79.9. The molecule has 1 saturated heterocycles. The molecule has 1 aliphatic heterocycles. The zero-order chi connectivity index (χ0) is 7.68. The molecule has 11 heavy (non-hydrogen) atoms. The average Bonchev–Trinajstić information content (AvgIpc) is 2.55. The van der Waals surface area contributed by atoms with Crippen LogP contribution in [0.5, 0.6) is 0 Å². The number of aromatic nitrogens is 1. The maximum Gasteiger partial charge on any atom is 0.186 e. The summed E-state index contributed by atoms with van der Waals surface area (Å²) in [6.07, 6.45) is 2.63. The van der Waals surface area contributed by atoms with Crippen LogP contribution in [0.3, 0.4) is 0 Å². The van der Waals surface area contributed by atoms with Crippen molar-refractivity contribution >= 4 is 32.4 Å². The molecule has 0 unspecified atom stereocenters. The minimum absolute atomic E-state index is 0.962. The topological polar surface area (TPSA) is 16.1 Å². The lowest BCUT2D eigenvalue weighted by Gasteiger charge is -2.11. The monoisotopic (exact) mass is 232 g/mol. The molecule has 0 aliphatic carbocycles. The molecule has 0 amide bonds. The predicted octanol–water partition coefficient (Wildman–Crippen LogP) is 2.51. The summed E-state index contributed by atoms with van der Waals surface area (Å²) in [6, 6.07) is 0. The summed E-state index contributed by atoms with van der Waals surface area (Å²) in [6.45, 7) is 2.36. The van der Waals surface area contributed by atoms with Gasteiger partial charge in [-0.3, -0.25) is 0 Å². The van der Waals surface area contributed by atoms with Gasteiger partial charge in [-0.25, -0.2) is 4.98 Å². The highest BCUT2D eigenvalue weighted by Crippen LogP contribution is 2.26. The highest BCUT2D eigenvalue weighted by Gasteiger charge is 2.14. The highest BCUT2D eigenvalue weighted by molar-refractivity contribution is 9.10. The standard InChI is InChI=1S/C7H9BrN2S/c8-6-5-11-7(9-6)10-3-1-2-4-10/h5H,1-4H2. The van der Waals surface area contributed by atoms with Crippen molar-refractivity contribution < 1.29 is 0 Å². The molecule has 1 fully saturated rings. The zero-order valence-electron chi connectivity index (χ0n) is 6.09. The third kappa shape index (κ3) is 1.56. The van der Waals surface area contributed by atoms with Gasteiger partial charge in [0.25, 0.3) is 0 Å². The van der Waals surface area contributed by atoms with Crippen molar-refractivity contribution in [3.05, 3.63) is 9.98 Å². The Morgan fingerprint density at radius 3 is 2.73 bits per heavy atom. The maximum atomic E-state index is 4.35. The van der Waals surface area contributed by atoms with Crippen LogP contribution >= 0.6 is 27.3 Å².